The van der Waals surface area contributed by atoms with Gasteiger partial charge in [0, 0.05) is 31.9 Å². The van der Waals surface area contributed by atoms with Crippen LogP contribution in [0.15, 0.2) is 36.5 Å². The van der Waals surface area contributed by atoms with E-state index in [2.05, 4.69) is 10.4 Å². The van der Waals surface area contributed by atoms with E-state index in [0.29, 0.717) is 11.4 Å². The van der Waals surface area contributed by atoms with Crippen LogP contribution >= 0.6 is 0 Å². The monoisotopic (exact) mass is 356 g/mol. The fourth-order valence-electron chi connectivity index (χ4n) is 2.91. The molecule has 0 saturated carbocycles. The van der Waals surface area contributed by atoms with Gasteiger partial charge in [0.2, 0.25) is 5.91 Å². The van der Waals surface area contributed by atoms with Crippen molar-refractivity contribution < 1.29 is 14.4 Å². The zero-order valence-corrected chi connectivity index (χ0v) is 15.7. The first-order chi connectivity index (χ1) is 12.2. The van der Waals surface area contributed by atoms with Crippen molar-refractivity contribution in [2.24, 2.45) is 5.92 Å². The number of benzene rings is 1. The van der Waals surface area contributed by atoms with Crippen molar-refractivity contribution in [2.75, 3.05) is 19.4 Å². The number of hydrogen-bond acceptors (Lipinski definition) is 4. The maximum absolute atomic E-state index is 12.4. The summed E-state index contributed by atoms with van der Waals surface area (Å²) in [6.45, 7) is 4.99. The molecule has 0 aliphatic rings. The first kappa shape index (κ1) is 19.4. The van der Waals surface area contributed by atoms with Crippen molar-refractivity contribution in [3.63, 3.8) is 0 Å². The number of Topliss-reactive ketones (excluding diaryl/α,β-unsaturated/α-hetero) is 1. The molecule has 2 rings (SSSR count). The molecule has 2 aromatic rings. The van der Waals surface area contributed by atoms with E-state index in [1.165, 1.54) is 16.5 Å². The number of hydrogen-bond donors (Lipinski definition) is 1. The van der Waals surface area contributed by atoms with Gasteiger partial charge in [-0.3, -0.25) is 9.59 Å². The highest BCUT2D eigenvalue weighted by atomic mass is 16.2. The summed E-state index contributed by atoms with van der Waals surface area (Å²) in [5, 5.41) is 7.08. The second-order valence-corrected chi connectivity index (χ2v) is 6.55. The van der Waals surface area contributed by atoms with E-state index in [1.54, 1.807) is 39.3 Å². The summed E-state index contributed by atoms with van der Waals surface area (Å²) >= 11 is 0. The van der Waals surface area contributed by atoms with E-state index in [-0.39, 0.29) is 11.7 Å². The average Bonchev–Trinajstić information content (AvgIpc) is 2.97. The predicted octanol–water partition coefficient (Wildman–Crippen LogP) is 2.67. The number of nitrogens with zero attached hydrogens (tertiary/aromatic N) is 3. The average molecular weight is 356 g/mol. The maximum atomic E-state index is 12.4. The van der Waals surface area contributed by atoms with Crippen molar-refractivity contribution in [3.05, 3.63) is 47.8 Å². The summed E-state index contributed by atoms with van der Waals surface area (Å²) in [6.07, 6.45) is 1.60. The van der Waals surface area contributed by atoms with Crippen LogP contribution in [0.4, 0.5) is 10.5 Å². The smallest absolute Gasteiger partial charge is 0.346 e. The Labute approximate surface area is 153 Å². The minimum absolute atomic E-state index is 0.223. The lowest BCUT2D eigenvalue weighted by Crippen LogP contribution is -2.37. The Morgan fingerprint density at radius 1 is 1.15 bits per heavy atom. The van der Waals surface area contributed by atoms with Gasteiger partial charge in [0.15, 0.2) is 0 Å². The Morgan fingerprint density at radius 3 is 2.31 bits per heavy atom. The molecule has 0 fully saturated rings. The molecule has 1 heterocycles. The van der Waals surface area contributed by atoms with Crippen LogP contribution in [0.1, 0.15) is 31.0 Å². The second-order valence-electron chi connectivity index (χ2n) is 6.55. The van der Waals surface area contributed by atoms with E-state index < -0.39 is 17.9 Å². The van der Waals surface area contributed by atoms with Gasteiger partial charge in [-0.1, -0.05) is 25.1 Å². The van der Waals surface area contributed by atoms with Crippen molar-refractivity contribution in [2.45, 2.75) is 26.7 Å². The van der Waals surface area contributed by atoms with Gasteiger partial charge < -0.3 is 10.2 Å². The normalized spacial score (nSPS) is 13.0. The zero-order valence-electron chi connectivity index (χ0n) is 15.7. The number of para-hydroxylation sites is 1. The third-order valence-electron chi connectivity index (χ3n) is 4.24. The molecular formula is C19H24N4O3. The molecule has 2 atom stereocenters. The highest BCUT2D eigenvalue weighted by molar-refractivity contribution is 6.01. The molecule has 7 nitrogen and oxygen atoms in total. The van der Waals surface area contributed by atoms with Gasteiger partial charge in [-0.2, -0.15) is 9.78 Å². The molecule has 138 valence electrons. The largest absolute Gasteiger partial charge is 0.348 e. The minimum atomic E-state index is -0.829. The Morgan fingerprint density at radius 2 is 1.77 bits per heavy atom. The van der Waals surface area contributed by atoms with Gasteiger partial charge in [-0.05, 0) is 31.5 Å². The Bertz CT molecular complexity index is 811. The molecular weight excluding hydrogens is 332 g/mol. The van der Waals surface area contributed by atoms with Gasteiger partial charge in [0.1, 0.15) is 11.7 Å². The van der Waals surface area contributed by atoms with Crippen LogP contribution in [-0.4, -0.2) is 46.5 Å². The lowest BCUT2D eigenvalue weighted by Gasteiger charge is -2.23. The molecule has 26 heavy (non-hydrogen) atoms. The summed E-state index contributed by atoms with van der Waals surface area (Å²) in [4.78, 5) is 38.2. The standard InChI is InChI=1S/C19H24N4O3/c1-12-11-23(19(26)20-15-9-7-6-8-10-15)21-17(12)13(2)16(14(3)24)18(25)22(4)5/h6-11,13,16H,1-5H3,(H,20,26). The fourth-order valence-corrected chi connectivity index (χ4v) is 2.91. The minimum Gasteiger partial charge on any atom is -0.348 e. The SMILES string of the molecule is CC(=O)C(C(=O)N(C)C)C(C)c1nn(C(=O)Nc2ccccc2)cc1C. The topological polar surface area (TPSA) is 84.3 Å². The summed E-state index contributed by atoms with van der Waals surface area (Å²) in [5.41, 5.74) is 1.96. The van der Waals surface area contributed by atoms with Crippen LogP contribution in [0.2, 0.25) is 0 Å². The lowest BCUT2D eigenvalue weighted by atomic mass is 9.86. The van der Waals surface area contributed by atoms with Crippen LogP contribution in [0.25, 0.3) is 0 Å². The number of amides is 2. The molecule has 7 heteroatoms. The Kier molecular flexibility index (Phi) is 5.92. The van der Waals surface area contributed by atoms with Crippen molar-refractivity contribution in [3.8, 4) is 0 Å². The summed E-state index contributed by atoms with van der Waals surface area (Å²) in [7, 11) is 3.23. The quantitative estimate of drug-likeness (QED) is 0.835. The first-order valence-corrected chi connectivity index (χ1v) is 8.36. The number of aromatic nitrogens is 2. The third-order valence-corrected chi connectivity index (χ3v) is 4.24. The number of nitrogens with one attached hydrogen (secondary N) is 1. The van der Waals surface area contributed by atoms with Crippen LogP contribution in [-0.2, 0) is 9.59 Å². The van der Waals surface area contributed by atoms with E-state index >= 15 is 0 Å². The summed E-state index contributed by atoms with van der Waals surface area (Å²) in [6, 6.07) is 8.65. The molecule has 0 aliphatic heterocycles. The van der Waals surface area contributed by atoms with Crippen LogP contribution in [0, 0.1) is 12.8 Å². The van der Waals surface area contributed by atoms with Crippen molar-refractivity contribution in [1.29, 1.82) is 0 Å². The fraction of sp³-hybridized carbons (Fsp3) is 0.368. The third kappa shape index (κ3) is 4.17. The molecule has 1 aromatic carbocycles. The second kappa shape index (κ2) is 7.95. The van der Waals surface area contributed by atoms with Gasteiger partial charge in [0.25, 0.3) is 0 Å². The molecule has 0 radical (unpaired) electrons. The molecule has 0 aliphatic carbocycles. The summed E-state index contributed by atoms with van der Waals surface area (Å²) < 4.78 is 1.20. The number of aryl methyl sites for hydroxylation is 1. The van der Waals surface area contributed by atoms with E-state index in [1.807, 2.05) is 25.1 Å². The maximum Gasteiger partial charge on any atom is 0.346 e. The molecule has 2 unspecified atom stereocenters. The van der Waals surface area contributed by atoms with Crippen LogP contribution < -0.4 is 5.32 Å². The number of rotatable bonds is 5. The molecule has 2 amide bonds. The highest BCUT2D eigenvalue weighted by Gasteiger charge is 2.34. The van der Waals surface area contributed by atoms with Gasteiger partial charge in [-0.15, -0.1) is 0 Å². The summed E-state index contributed by atoms with van der Waals surface area (Å²) in [5.74, 6) is -1.76. The predicted molar refractivity (Wildman–Crippen MR) is 99.1 cm³/mol. The molecule has 0 bridgehead atoms. The lowest BCUT2D eigenvalue weighted by molar-refractivity contribution is -0.139. The van der Waals surface area contributed by atoms with Gasteiger partial charge in [0.05, 0.1) is 5.69 Å². The number of anilines is 1. The van der Waals surface area contributed by atoms with Crippen LogP contribution in [0.5, 0.6) is 0 Å². The van der Waals surface area contributed by atoms with Gasteiger partial charge in [-0.25, -0.2) is 4.79 Å². The molecule has 0 spiro atoms. The first-order valence-electron chi connectivity index (χ1n) is 8.36. The number of carbonyl (C=O) groups excluding carboxylic acids is 3. The van der Waals surface area contributed by atoms with Crippen LogP contribution in [0.3, 0.4) is 0 Å². The molecule has 0 saturated heterocycles. The molecule has 1 aromatic heterocycles. The molecule has 1 N–H and O–H groups in total. The van der Waals surface area contributed by atoms with E-state index in [0.717, 1.165) is 5.56 Å². The van der Waals surface area contributed by atoms with Gasteiger partial charge >= 0.3 is 6.03 Å². The van der Waals surface area contributed by atoms with E-state index in [4.69, 9.17) is 0 Å². The number of ketones is 1. The number of carbonyl (C=O) groups is 3. The zero-order chi connectivity index (χ0) is 19.4. The van der Waals surface area contributed by atoms with Crippen molar-refractivity contribution in [1.82, 2.24) is 14.7 Å². The Balaban J connectivity index is 2.26. The Hall–Kier alpha value is -2.96. The van der Waals surface area contributed by atoms with E-state index in [9.17, 15) is 14.4 Å². The highest BCUT2D eigenvalue weighted by Crippen LogP contribution is 2.28. The van der Waals surface area contributed by atoms with Crippen molar-refractivity contribution >= 4 is 23.4 Å².